The molecule has 0 saturated carbocycles. The van der Waals surface area contributed by atoms with E-state index >= 15 is 0 Å². The maximum absolute atomic E-state index is 10.4. The first-order valence-electron chi connectivity index (χ1n) is 3.22. The van der Waals surface area contributed by atoms with Gasteiger partial charge in [0.1, 0.15) is 11.4 Å². The number of rotatable bonds is 3. The summed E-state index contributed by atoms with van der Waals surface area (Å²) in [7, 11) is 0. The second-order valence-corrected chi connectivity index (χ2v) is 3.17. The molecule has 0 aromatic heterocycles. The Morgan fingerprint density at radius 1 is 1.50 bits per heavy atom. The van der Waals surface area contributed by atoms with Crippen LogP contribution in [0.2, 0.25) is 5.02 Å². The third-order valence-corrected chi connectivity index (χ3v) is 1.83. The zero-order valence-electron chi connectivity index (χ0n) is 6.51. The quantitative estimate of drug-likeness (QED) is 0.450. The van der Waals surface area contributed by atoms with Gasteiger partial charge in [0.15, 0.2) is 0 Å². The summed E-state index contributed by atoms with van der Waals surface area (Å²) < 4.78 is 24.5. The van der Waals surface area contributed by atoms with E-state index in [1.54, 1.807) is 0 Å². The average molecular weight is 237 g/mol. The molecule has 0 N–H and O–H groups in total. The fraction of sp³-hybridized carbons (Fsp3) is 0. The molecular formula is C6H3ClNO5S-. The smallest absolute Gasteiger partial charge is 0.314 e. The number of hydrogen-bond acceptors (Lipinski definition) is 5. The van der Waals surface area contributed by atoms with Gasteiger partial charge in [0.05, 0.1) is 4.92 Å². The molecule has 0 amide bonds. The summed E-state index contributed by atoms with van der Waals surface area (Å²) in [4.78, 5) is 9.64. The highest BCUT2D eigenvalue weighted by Crippen LogP contribution is 2.30. The molecule has 0 aliphatic rings. The standard InChI is InChI=1S/C6H4ClNO5S/c7-4-1-2-6(13-14(11)12)5(3-4)8(9)10/h1-3H,(H,11,12)/p-1. The molecule has 0 fully saturated rings. The fourth-order valence-electron chi connectivity index (χ4n) is 0.777. The van der Waals surface area contributed by atoms with Gasteiger partial charge >= 0.3 is 5.69 Å². The van der Waals surface area contributed by atoms with Crippen molar-refractivity contribution in [1.29, 1.82) is 0 Å². The van der Waals surface area contributed by atoms with Crippen molar-refractivity contribution >= 4 is 28.6 Å². The van der Waals surface area contributed by atoms with Crippen LogP contribution in [0.5, 0.6) is 5.75 Å². The van der Waals surface area contributed by atoms with Crippen molar-refractivity contribution < 1.29 is 17.9 Å². The monoisotopic (exact) mass is 236 g/mol. The van der Waals surface area contributed by atoms with Crippen LogP contribution in [0.4, 0.5) is 5.69 Å². The molecule has 8 heteroatoms. The topological polar surface area (TPSA) is 92.5 Å². The molecule has 76 valence electrons. The van der Waals surface area contributed by atoms with Crippen LogP contribution in [0, 0.1) is 10.1 Å². The van der Waals surface area contributed by atoms with Gasteiger partial charge in [-0.2, -0.15) is 0 Å². The first kappa shape index (κ1) is 10.9. The molecule has 1 aromatic carbocycles. The molecule has 1 rings (SSSR count). The van der Waals surface area contributed by atoms with Gasteiger partial charge in [-0.15, -0.1) is 0 Å². The molecule has 0 bridgehead atoms. The molecule has 1 aromatic rings. The highest BCUT2D eigenvalue weighted by atomic mass is 35.5. The highest BCUT2D eigenvalue weighted by molar-refractivity contribution is 7.74. The van der Waals surface area contributed by atoms with Crippen LogP contribution in [-0.4, -0.2) is 13.7 Å². The van der Waals surface area contributed by atoms with Crippen molar-refractivity contribution in [2.75, 3.05) is 0 Å². The predicted molar refractivity (Wildman–Crippen MR) is 47.7 cm³/mol. The number of nitro groups is 1. The van der Waals surface area contributed by atoms with E-state index in [1.165, 1.54) is 6.07 Å². The molecule has 1 atom stereocenters. The SMILES string of the molecule is O=[N+]([O-])c1cc(Cl)ccc1OS(=O)[O-]. The van der Waals surface area contributed by atoms with Crippen LogP contribution in [0.3, 0.4) is 0 Å². The molecule has 0 radical (unpaired) electrons. The van der Waals surface area contributed by atoms with Crippen molar-refractivity contribution in [2.45, 2.75) is 0 Å². The van der Waals surface area contributed by atoms with E-state index in [2.05, 4.69) is 4.18 Å². The lowest BCUT2D eigenvalue weighted by molar-refractivity contribution is -0.385. The van der Waals surface area contributed by atoms with Gasteiger partial charge in [0.2, 0.25) is 5.75 Å². The normalized spacial score (nSPS) is 12.1. The minimum absolute atomic E-state index is 0.126. The van der Waals surface area contributed by atoms with E-state index in [1.807, 2.05) is 0 Å². The zero-order chi connectivity index (χ0) is 10.7. The Kier molecular flexibility index (Phi) is 3.39. The van der Waals surface area contributed by atoms with Crippen molar-refractivity contribution in [2.24, 2.45) is 0 Å². The van der Waals surface area contributed by atoms with E-state index < -0.39 is 22.0 Å². The van der Waals surface area contributed by atoms with E-state index in [9.17, 15) is 18.9 Å². The summed E-state index contributed by atoms with van der Waals surface area (Å²) in [5.41, 5.74) is -0.498. The minimum Gasteiger partial charge on any atom is -0.740 e. The van der Waals surface area contributed by atoms with E-state index in [0.717, 1.165) is 12.1 Å². The Labute approximate surface area is 86.1 Å². The van der Waals surface area contributed by atoms with Crippen LogP contribution < -0.4 is 4.18 Å². The third kappa shape index (κ3) is 2.66. The summed E-state index contributed by atoms with van der Waals surface area (Å²) in [6.45, 7) is 0. The highest BCUT2D eigenvalue weighted by Gasteiger charge is 2.15. The van der Waals surface area contributed by atoms with E-state index in [-0.39, 0.29) is 10.8 Å². The van der Waals surface area contributed by atoms with Crippen molar-refractivity contribution in [3.8, 4) is 5.75 Å². The van der Waals surface area contributed by atoms with Gasteiger partial charge in [-0.1, -0.05) is 11.6 Å². The lowest BCUT2D eigenvalue weighted by Gasteiger charge is -2.06. The van der Waals surface area contributed by atoms with Gasteiger partial charge in [0, 0.05) is 11.1 Å². The maximum atomic E-state index is 10.4. The third-order valence-electron chi connectivity index (χ3n) is 1.28. The molecule has 0 spiro atoms. The van der Waals surface area contributed by atoms with E-state index in [4.69, 9.17) is 11.6 Å². The summed E-state index contributed by atoms with van der Waals surface area (Å²) >= 11 is 2.64. The predicted octanol–water partition coefficient (Wildman–Crippen LogP) is 1.42. The fourth-order valence-corrected chi connectivity index (χ4v) is 1.23. The number of halogens is 1. The summed E-state index contributed by atoms with van der Waals surface area (Å²) in [6, 6.07) is 3.40. The Hall–Kier alpha value is -1.18. The lowest BCUT2D eigenvalue weighted by atomic mass is 10.3. The van der Waals surface area contributed by atoms with Gasteiger partial charge in [-0.05, 0) is 12.1 Å². The first-order chi connectivity index (χ1) is 6.50. The van der Waals surface area contributed by atoms with Crippen LogP contribution in [0.15, 0.2) is 18.2 Å². The number of hydrogen-bond donors (Lipinski definition) is 0. The molecule has 1 unspecified atom stereocenters. The van der Waals surface area contributed by atoms with Gasteiger partial charge < -0.3 is 8.74 Å². The Morgan fingerprint density at radius 2 is 2.14 bits per heavy atom. The Morgan fingerprint density at radius 3 is 2.64 bits per heavy atom. The Bertz CT molecular complexity index is 396. The van der Waals surface area contributed by atoms with Crippen LogP contribution in [0.1, 0.15) is 0 Å². The summed E-state index contributed by atoms with van der Waals surface area (Å²) in [6.07, 6.45) is 0. The number of nitro benzene ring substituents is 1. The van der Waals surface area contributed by atoms with Crippen LogP contribution in [0.25, 0.3) is 0 Å². The molecular weight excluding hydrogens is 234 g/mol. The molecule has 0 aliphatic heterocycles. The average Bonchev–Trinajstić information content (AvgIpc) is 2.07. The molecule has 6 nitrogen and oxygen atoms in total. The lowest BCUT2D eigenvalue weighted by Crippen LogP contribution is -2.01. The van der Waals surface area contributed by atoms with Crippen molar-refractivity contribution in [3.63, 3.8) is 0 Å². The second kappa shape index (κ2) is 4.36. The largest absolute Gasteiger partial charge is 0.740 e. The van der Waals surface area contributed by atoms with Crippen molar-refractivity contribution in [1.82, 2.24) is 0 Å². The van der Waals surface area contributed by atoms with Crippen molar-refractivity contribution in [3.05, 3.63) is 33.3 Å². The maximum Gasteiger partial charge on any atom is 0.314 e. The van der Waals surface area contributed by atoms with Gasteiger partial charge in [0.25, 0.3) is 0 Å². The molecule has 0 saturated heterocycles. The van der Waals surface area contributed by atoms with Gasteiger partial charge in [-0.3, -0.25) is 10.1 Å². The summed E-state index contributed by atoms with van der Waals surface area (Å²) in [5.74, 6) is -0.368. The minimum atomic E-state index is -2.85. The Balaban J connectivity index is 3.14. The zero-order valence-corrected chi connectivity index (χ0v) is 8.08. The van der Waals surface area contributed by atoms with Crippen LogP contribution >= 0.6 is 11.6 Å². The molecule has 14 heavy (non-hydrogen) atoms. The molecule has 0 aliphatic carbocycles. The van der Waals surface area contributed by atoms with E-state index in [0.29, 0.717) is 0 Å². The first-order valence-corrected chi connectivity index (χ1v) is 4.60. The van der Waals surface area contributed by atoms with Crippen LogP contribution in [-0.2, 0) is 11.4 Å². The number of nitrogens with zero attached hydrogens (tertiary/aromatic N) is 1. The molecule has 0 heterocycles. The second-order valence-electron chi connectivity index (χ2n) is 2.16. The number of benzene rings is 1. The summed E-state index contributed by atoms with van der Waals surface area (Å²) in [5, 5.41) is 10.5. The van der Waals surface area contributed by atoms with Gasteiger partial charge in [-0.25, -0.2) is 4.21 Å².